The van der Waals surface area contributed by atoms with E-state index in [0.29, 0.717) is 12.0 Å². The third kappa shape index (κ3) is 3.47. The van der Waals surface area contributed by atoms with Crippen LogP contribution in [0.2, 0.25) is 0 Å². The molecule has 0 aliphatic heterocycles. The van der Waals surface area contributed by atoms with Gasteiger partial charge in [0.2, 0.25) is 5.95 Å². The molecule has 4 rings (SSSR count). The van der Waals surface area contributed by atoms with Crippen LogP contribution in [0.1, 0.15) is 36.6 Å². The predicted octanol–water partition coefficient (Wildman–Crippen LogP) is 4.03. The molecule has 5 heteroatoms. The standard InChI is InChI=1S/C21H25N5/c1-3-12-26-14-19(15(2)25-26)20-10-11-22-21(24-20)23-18-9-8-16-6-4-5-7-17(16)13-18/h4-7,10-11,14,18H,3,8-9,12-13H2,1-2H3,(H,22,23,24)/t18-/m1/s1. The number of aryl methyl sites for hydroxylation is 3. The third-order valence-electron chi connectivity index (χ3n) is 5.01. The Bertz CT molecular complexity index is 899. The molecule has 0 bridgehead atoms. The molecule has 0 radical (unpaired) electrons. The highest BCUT2D eigenvalue weighted by atomic mass is 15.3. The highest BCUT2D eigenvalue weighted by molar-refractivity contribution is 5.61. The summed E-state index contributed by atoms with van der Waals surface area (Å²) in [6, 6.07) is 11.0. The number of nitrogens with one attached hydrogen (secondary N) is 1. The van der Waals surface area contributed by atoms with E-state index in [1.165, 1.54) is 11.1 Å². The van der Waals surface area contributed by atoms with E-state index in [-0.39, 0.29) is 0 Å². The lowest BCUT2D eigenvalue weighted by atomic mass is 9.88. The molecule has 26 heavy (non-hydrogen) atoms. The molecule has 0 amide bonds. The van der Waals surface area contributed by atoms with Gasteiger partial charge in [0, 0.05) is 30.5 Å². The third-order valence-corrected chi connectivity index (χ3v) is 5.01. The summed E-state index contributed by atoms with van der Waals surface area (Å²) in [5, 5.41) is 8.12. The van der Waals surface area contributed by atoms with Crippen molar-refractivity contribution >= 4 is 5.95 Å². The molecule has 1 aliphatic rings. The van der Waals surface area contributed by atoms with Gasteiger partial charge < -0.3 is 5.32 Å². The van der Waals surface area contributed by atoms with Crippen LogP contribution in [0.3, 0.4) is 0 Å². The number of hydrogen-bond acceptors (Lipinski definition) is 4. The van der Waals surface area contributed by atoms with E-state index < -0.39 is 0 Å². The van der Waals surface area contributed by atoms with Gasteiger partial charge in [0.1, 0.15) is 0 Å². The van der Waals surface area contributed by atoms with Crippen LogP contribution in [0.4, 0.5) is 5.95 Å². The first-order valence-corrected chi connectivity index (χ1v) is 9.43. The van der Waals surface area contributed by atoms with Gasteiger partial charge in [-0.05, 0) is 49.8 Å². The molecule has 1 N–H and O–H groups in total. The van der Waals surface area contributed by atoms with Crippen molar-refractivity contribution in [3.8, 4) is 11.3 Å². The predicted molar refractivity (Wildman–Crippen MR) is 104 cm³/mol. The molecule has 0 spiro atoms. The van der Waals surface area contributed by atoms with Gasteiger partial charge in [0.05, 0.1) is 11.4 Å². The molecule has 2 heterocycles. The summed E-state index contributed by atoms with van der Waals surface area (Å²) in [5.41, 5.74) is 5.93. The monoisotopic (exact) mass is 347 g/mol. The molecule has 0 unspecified atom stereocenters. The van der Waals surface area contributed by atoms with E-state index in [1.807, 2.05) is 23.9 Å². The Morgan fingerprint density at radius 1 is 1.19 bits per heavy atom. The number of aromatic nitrogens is 4. The van der Waals surface area contributed by atoms with Crippen LogP contribution >= 0.6 is 0 Å². The Hall–Kier alpha value is -2.69. The van der Waals surface area contributed by atoms with Crippen LogP contribution in [-0.4, -0.2) is 25.8 Å². The van der Waals surface area contributed by atoms with Gasteiger partial charge in [-0.2, -0.15) is 5.10 Å². The minimum atomic E-state index is 0.379. The Labute approximate surface area is 154 Å². The van der Waals surface area contributed by atoms with Crippen molar-refractivity contribution in [3.63, 3.8) is 0 Å². The van der Waals surface area contributed by atoms with Crippen molar-refractivity contribution in [2.24, 2.45) is 0 Å². The SMILES string of the molecule is CCCn1cc(-c2ccnc(N[C@@H]3CCc4ccccc4C3)n2)c(C)n1. The summed E-state index contributed by atoms with van der Waals surface area (Å²) >= 11 is 0. The number of hydrogen-bond donors (Lipinski definition) is 1. The lowest BCUT2D eigenvalue weighted by Crippen LogP contribution is -2.28. The number of nitrogens with zero attached hydrogens (tertiary/aromatic N) is 4. The number of fused-ring (bicyclic) bond motifs is 1. The zero-order chi connectivity index (χ0) is 17.9. The number of anilines is 1. The van der Waals surface area contributed by atoms with Crippen molar-refractivity contribution in [1.82, 2.24) is 19.7 Å². The smallest absolute Gasteiger partial charge is 0.223 e. The maximum absolute atomic E-state index is 4.75. The fraction of sp³-hybridized carbons (Fsp3) is 0.381. The van der Waals surface area contributed by atoms with Crippen LogP contribution in [0.25, 0.3) is 11.3 Å². The fourth-order valence-electron chi connectivity index (χ4n) is 3.69. The maximum Gasteiger partial charge on any atom is 0.223 e. The van der Waals surface area contributed by atoms with E-state index in [9.17, 15) is 0 Å². The molecular formula is C21H25N5. The minimum Gasteiger partial charge on any atom is -0.351 e. The molecule has 1 atom stereocenters. The topological polar surface area (TPSA) is 55.6 Å². The van der Waals surface area contributed by atoms with E-state index in [0.717, 1.165) is 49.2 Å². The minimum absolute atomic E-state index is 0.379. The Morgan fingerprint density at radius 3 is 2.88 bits per heavy atom. The van der Waals surface area contributed by atoms with Crippen molar-refractivity contribution in [2.75, 3.05) is 5.32 Å². The average molecular weight is 347 g/mol. The molecule has 1 aliphatic carbocycles. The van der Waals surface area contributed by atoms with Crippen molar-refractivity contribution in [1.29, 1.82) is 0 Å². The molecule has 2 aromatic heterocycles. The normalized spacial score (nSPS) is 16.3. The van der Waals surface area contributed by atoms with Crippen LogP contribution in [0.15, 0.2) is 42.7 Å². The lowest BCUT2D eigenvalue weighted by Gasteiger charge is -2.25. The average Bonchev–Trinajstić information content (AvgIpc) is 3.02. The quantitative estimate of drug-likeness (QED) is 0.757. The summed E-state index contributed by atoms with van der Waals surface area (Å²) in [4.78, 5) is 9.19. The fourth-order valence-corrected chi connectivity index (χ4v) is 3.69. The first-order valence-electron chi connectivity index (χ1n) is 9.43. The summed E-state index contributed by atoms with van der Waals surface area (Å²) < 4.78 is 2.00. The molecule has 134 valence electrons. The zero-order valence-electron chi connectivity index (χ0n) is 15.4. The van der Waals surface area contributed by atoms with E-state index in [1.54, 1.807) is 0 Å². The second kappa shape index (κ2) is 7.28. The first-order chi connectivity index (χ1) is 12.7. The van der Waals surface area contributed by atoms with Gasteiger partial charge in [-0.3, -0.25) is 4.68 Å². The molecular weight excluding hydrogens is 322 g/mol. The van der Waals surface area contributed by atoms with Crippen LogP contribution in [-0.2, 0) is 19.4 Å². The first kappa shape index (κ1) is 16.8. The van der Waals surface area contributed by atoms with Gasteiger partial charge >= 0.3 is 0 Å². The van der Waals surface area contributed by atoms with Crippen LogP contribution in [0, 0.1) is 6.92 Å². The lowest BCUT2D eigenvalue weighted by molar-refractivity contribution is 0.598. The van der Waals surface area contributed by atoms with Crippen molar-refractivity contribution < 1.29 is 0 Å². The summed E-state index contributed by atoms with van der Waals surface area (Å²) in [7, 11) is 0. The molecule has 3 aromatic rings. The molecule has 5 nitrogen and oxygen atoms in total. The van der Waals surface area contributed by atoms with Gasteiger partial charge in [-0.1, -0.05) is 31.2 Å². The van der Waals surface area contributed by atoms with Crippen molar-refractivity contribution in [3.05, 3.63) is 59.5 Å². The van der Waals surface area contributed by atoms with Gasteiger partial charge in [0.25, 0.3) is 0 Å². The molecule has 0 saturated heterocycles. The van der Waals surface area contributed by atoms with Crippen LogP contribution < -0.4 is 5.32 Å². The second-order valence-electron chi connectivity index (χ2n) is 7.01. The number of benzene rings is 1. The summed E-state index contributed by atoms with van der Waals surface area (Å²) in [5.74, 6) is 0.703. The Morgan fingerprint density at radius 2 is 2.04 bits per heavy atom. The maximum atomic E-state index is 4.75. The second-order valence-corrected chi connectivity index (χ2v) is 7.01. The molecule has 1 aromatic carbocycles. The highest BCUT2D eigenvalue weighted by Crippen LogP contribution is 2.24. The van der Waals surface area contributed by atoms with Crippen molar-refractivity contribution in [2.45, 2.75) is 52.1 Å². The number of rotatable bonds is 5. The summed E-state index contributed by atoms with van der Waals surface area (Å²) in [6.45, 7) is 5.12. The van der Waals surface area contributed by atoms with Gasteiger partial charge in [-0.15, -0.1) is 0 Å². The van der Waals surface area contributed by atoms with Gasteiger partial charge in [-0.25, -0.2) is 9.97 Å². The van der Waals surface area contributed by atoms with E-state index in [2.05, 4.69) is 52.8 Å². The van der Waals surface area contributed by atoms with E-state index >= 15 is 0 Å². The summed E-state index contributed by atoms with van der Waals surface area (Å²) in [6.07, 6.45) is 8.23. The molecule has 0 saturated carbocycles. The molecule has 0 fully saturated rings. The van der Waals surface area contributed by atoms with Gasteiger partial charge in [0.15, 0.2) is 0 Å². The van der Waals surface area contributed by atoms with E-state index in [4.69, 9.17) is 4.98 Å². The Balaban J connectivity index is 1.52. The zero-order valence-corrected chi connectivity index (χ0v) is 15.4. The largest absolute Gasteiger partial charge is 0.351 e. The Kier molecular flexibility index (Phi) is 4.69. The van der Waals surface area contributed by atoms with Crippen LogP contribution in [0.5, 0.6) is 0 Å². The highest BCUT2D eigenvalue weighted by Gasteiger charge is 2.19.